The summed E-state index contributed by atoms with van der Waals surface area (Å²) in [5.41, 5.74) is 0. The number of halogens is 2. The molecule has 5 heteroatoms. The van der Waals surface area contributed by atoms with Gasteiger partial charge in [-0.05, 0) is 0 Å². The summed E-state index contributed by atoms with van der Waals surface area (Å²) in [6, 6.07) is 0. The van der Waals surface area contributed by atoms with Crippen molar-refractivity contribution in [1.82, 2.24) is 5.32 Å². The van der Waals surface area contributed by atoms with Crippen LogP contribution in [0.15, 0.2) is 0 Å². The third kappa shape index (κ3) is 7.42. The van der Waals surface area contributed by atoms with Crippen LogP contribution in [0.5, 0.6) is 0 Å². The molecule has 0 aliphatic rings. The lowest BCUT2D eigenvalue weighted by Gasteiger charge is -2.23. The molecule has 1 atom stereocenters. The van der Waals surface area contributed by atoms with Crippen molar-refractivity contribution in [2.45, 2.75) is 11.8 Å². The first-order chi connectivity index (χ1) is 6.37. The topological polar surface area (TPSA) is 29.1 Å². The number of amides is 1. The molecule has 0 fully saturated rings. The van der Waals surface area contributed by atoms with Crippen LogP contribution in [0.25, 0.3) is 0 Å². The SMILES string of the molecule is C[N+](C)(C)CCCNC(=O)C(Cl)CCl. The van der Waals surface area contributed by atoms with E-state index in [0.29, 0.717) is 6.54 Å². The minimum atomic E-state index is -0.610. The van der Waals surface area contributed by atoms with Gasteiger partial charge in [0.2, 0.25) is 5.91 Å². The lowest BCUT2D eigenvalue weighted by atomic mass is 10.3. The molecule has 1 unspecified atom stereocenters. The number of quaternary nitrogens is 1. The van der Waals surface area contributed by atoms with Crippen molar-refractivity contribution in [3.8, 4) is 0 Å². The highest BCUT2D eigenvalue weighted by Gasteiger charge is 2.13. The van der Waals surface area contributed by atoms with E-state index in [1.54, 1.807) is 0 Å². The Kier molecular flexibility index (Phi) is 6.49. The van der Waals surface area contributed by atoms with Gasteiger partial charge in [0, 0.05) is 18.8 Å². The number of hydrogen-bond donors (Lipinski definition) is 1. The van der Waals surface area contributed by atoms with Crippen molar-refractivity contribution in [1.29, 1.82) is 0 Å². The number of nitrogens with zero attached hydrogens (tertiary/aromatic N) is 1. The van der Waals surface area contributed by atoms with Crippen LogP contribution in [-0.2, 0) is 4.79 Å². The Hall–Kier alpha value is 0.01000. The van der Waals surface area contributed by atoms with Crippen molar-refractivity contribution >= 4 is 29.1 Å². The molecule has 1 N–H and O–H groups in total. The molecule has 1 amide bonds. The Bertz CT molecular complexity index is 180. The Morgan fingerprint density at radius 1 is 1.43 bits per heavy atom. The van der Waals surface area contributed by atoms with E-state index >= 15 is 0 Å². The maximum absolute atomic E-state index is 11.2. The van der Waals surface area contributed by atoms with Gasteiger partial charge in [-0.3, -0.25) is 4.79 Å². The maximum atomic E-state index is 11.2. The molecule has 14 heavy (non-hydrogen) atoms. The van der Waals surface area contributed by atoms with Gasteiger partial charge in [-0.15, -0.1) is 23.2 Å². The van der Waals surface area contributed by atoms with Crippen LogP contribution in [0, 0.1) is 0 Å². The molecule has 0 aromatic carbocycles. The fourth-order valence-corrected chi connectivity index (χ4v) is 1.16. The molecule has 0 spiro atoms. The summed E-state index contributed by atoms with van der Waals surface area (Å²) in [7, 11) is 6.35. The highest BCUT2D eigenvalue weighted by atomic mass is 35.5. The molecule has 0 saturated heterocycles. The van der Waals surface area contributed by atoms with Crippen LogP contribution >= 0.6 is 23.2 Å². The summed E-state index contributed by atoms with van der Waals surface area (Å²) in [6.07, 6.45) is 0.946. The number of carbonyl (C=O) groups excluding carboxylic acids is 1. The monoisotopic (exact) mass is 241 g/mol. The molecule has 84 valence electrons. The molecular formula is C9H19Cl2N2O+. The molecular weight excluding hydrogens is 223 g/mol. The molecule has 0 aliphatic heterocycles. The van der Waals surface area contributed by atoms with Gasteiger partial charge in [0.1, 0.15) is 5.38 Å². The fraction of sp³-hybridized carbons (Fsp3) is 0.889. The quantitative estimate of drug-likeness (QED) is 0.421. The van der Waals surface area contributed by atoms with E-state index in [1.165, 1.54) is 0 Å². The lowest BCUT2D eigenvalue weighted by molar-refractivity contribution is -0.870. The van der Waals surface area contributed by atoms with Crippen molar-refractivity contribution in [3.05, 3.63) is 0 Å². The standard InChI is InChI=1S/C9H18Cl2N2O/c1-13(2,3)6-4-5-12-9(14)8(11)7-10/h8H,4-7H2,1-3H3/p+1. The summed E-state index contributed by atoms with van der Waals surface area (Å²) in [5.74, 6) is -0.0222. The van der Waals surface area contributed by atoms with E-state index in [-0.39, 0.29) is 11.8 Å². The van der Waals surface area contributed by atoms with Gasteiger partial charge in [-0.2, -0.15) is 0 Å². The Morgan fingerprint density at radius 3 is 2.43 bits per heavy atom. The number of rotatable bonds is 6. The zero-order valence-corrected chi connectivity index (χ0v) is 10.5. The van der Waals surface area contributed by atoms with Crippen LogP contribution in [0.1, 0.15) is 6.42 Å². The largest absolute Gasteiger partial charge is 0.355 e. The van der Waals surface area contributed by atoms with Gasteiger partial charge in [0.15, 0.2) is 0 Å². The average molecular weight is 242 g/mol. The normalized spacial score (nSPS) is 13.8. The van der Waals surface area contributed by atoms with Crippen LogP contribution in [0.4, 0.5) is 0 Å². The van der Waals surface area contributed by atoms with Crippen LogP contribution in [0.3, 0.4) is 0 Å². The maximum Gasteiger partial charge on any atom is 0.239 e. The fourth-order valence-electron chi connectivity index (χ4n) is 0.946. The third-order valence-corrected chi connectivity index (χ3v) is 2.54. The first-order valence-electron chi connectivity index (χ1n) is 4.65. The minimum absolute atomic E-state index is 0.155. The molecule has 0 aromatic heterocycles. The number of carbonyl (C=O) groups is 1. The molecule has 0 rings (SSSR count). The van der Waals surface area contributed by atoms with E-state index in [4.69, 9.17) is 23.2 Å². The zero-order valence-electron chi connectivity index (χ0n) is 9.02. The molecule has 0 aliphatic carbocycles. The van der Waals surface area contributed by atoms with E-state index in [2.05, 4.69) is 26.5 Å². The molecule has 0 saturated carbocycles. The molecule has 3 nitrogen and oxygen atoms in total. The number of hydrogen-bond acceptors (Lipinski definition) is 1. The average Bonchev–Trinajstić information content (AvgIpc) is 2.09. The van der Waals surface area contributed by atoms with E-state index in [1.807, 2.05) is 0 Å². The predicted octanol–water partition coefficient (Wildman–Crippen LogP) is 1.05. The second-order valence-electron chi connectivity index (χ2n) is 4.28. The van der Waals surface area contributed by atoms with Crippen LogP contribution in [0.2, 0.25) is 0 Å². The second-order valence-corrected chi connectivity index (χ2v) is 5.12. The van der Waals surface area contributed by atoms with Crippen molar-refractivity contribution in [3.63, 3.8) is 0 Å². The van der Waals surface area contributed by atoms with Crippen LogP contribution < -0.4 is 5.32 Å². The van der Waals surface area contributed by atoms with Gasteiger partial charge in [0.25, 0.3) is 0 Å². The number of nitrogens with one attached hydrogen (secondary N) is 1. The van der Waals surface area contributed by atoms with Crippen LogP contribution in [-0.4, -0.2) is 55.9 Å². The highest BCUT2D eigenvalue weighted by Crippen LogP contribution is 1.98. The third-order valence-electron chi connectivity index (χ3n) is 1.72. The van der Waals surface area contributed by atoms with Crippen molar-refractivity contribution in [2.75, 3.05) is 40.1 Å². The van der Waals surface area contributed by atoms with E-state index in [0.717, 1.165) is 17.4 Å². The highest BCUT2D eigenvalue weighted by molar-refractivity contribution is 6.36. The smallest absolute Gasteiger partial charge is 0.239 e. The Balaban J connectivity index is 3.51. The van der Waals surface area contributed by atoms with Gasteiger partial charge in [0.05, 0.1) is 27.7 Å². The second kappa shape index (κ2) is 6.49. The molecule has 0 bridgehead atoms. The Morgan fingerprint density at radius 2 is 2.00 bits per heavy atom. The molecule has 0 radical (unpaired) electrons. The van der Waals surface area contributed by atoms with Crippen molar-refractivity contribution in [2.24, 2.45) is 0 Å². The summed E-state index contributed by atoms with van der Waals surface area (Å²) in [4.78, 5) is 11.2. The Labute approximate surface area is 95.9 Å². The lowest BCUT2D eigenvalue weighted by Crippen LogP contribution is -2.39. The van der Waals surface area contributed by atoms with Gasteiger partial charge in [-0.25, -0.2) is 0 Å². The number of alkyl halides is 2. The summed E-state index contributed by atoms with van der Waals surface area (Å²) in [6.45, 7) is 1.68. The zero-order chi connectivity index (χ0) is 11.2. The van der Waals surface area contributed by atoms with Crippen molar-refractivity contribution < 1.29 is 9.28 Å². The minimum Gasteiger partial charge on any atom is -0.355 e. The van der Waals surface area contributed by atoms with E-state index in [9.17, 15) is 4.79 Å². The first-order valence-corrected chi connectivity index (χ1v) is 5.62. The summed E-state index contributed by atoms with van der Waals surface area (Å²) < 4.78 is 0.898. The van der Waals surface area contributed by atoms with Gasteiger partial charge >= 0.3 is 0 Å². The van der Waals surface area contributed by atoms with Gasteiger partial charge < -0.3 is 9.80 Å². The van der Waals surface area contributed by atoms with E-state index < -0.39 is 5.38 Å². The summed E-state index contributed by atoms with van der Waals surface area (Å²) >= 11 is 11.1. The first kappa shape index (κ1) is 14.0. The summed E-state index contributed by atoms with van der Waals surface area (Å²) in [5, 5.41) is 2.13. The molecule has 0 aromatic rings. The van der Waals surface area contributed by atoms with Gasteiger partial charge in [-0.1, -0.05) is 0 Å². The predicted molar refractivity (Wildman–Crippen MR) is 60.9 cm³/mol. The molecule has 0 heterocycles.